The number of ether oxygens (including phenoxy) is 1. The van der Waals surface area contributed by atoms with Gasteiger partial charge >= 0.3 is 0 Å². The lowest BCUT2D eigenvalue weighted by molar-refractivity contribution is 0.0730. The lowest BCUT2D eigenvalue weighted by atomic mass is 10.1. The summed E-state index contributed by atoms with van der Waals surface area (Å²) < 4.78 is 37.6. The maximum atomic E-state index is 13.0. The predicted octanol–water partition coefficient (Wildman–Crippen LogP) is 2.97. The second-order valence-electron chi connectivity index (χ2n) is 6.80. The van der Waals surface area contributed by atoms with E-state index in [4.69, 9.17) is 20.9 Å². The first kappa shape index (κ1) is 21.4. The molecule has 1 amide bonds. The van der Waals surface area contributed by atoms with E-state index in [0.29, 0.717) is 36.2 Å². The minimum atomic E-state index is -3.86. The zero-order valence-corrected chi connectivity index (χ0v) is 18.1. The van der Waals surface area contributed by atoms with Crippen molar-refractivity contribution in [1.29, 1.82) is 0 Å². The van der Waals surface area contributed by atoms with Crippen LogP contribution in [0.1, 0.15) is 16.2 Å². The number of nitrogens with zero attached hydrogens (tertiary/aromatic N) is 3. The van der Waals surface area contributed by atoms with Crippen molar-refractivity contribution in [2.75, 3.05) is 31.6 Å². The summed E-state index contributed by atoms with van der Waals surface area (Å²) in [6, 6.07) is 11.1. The Morgan fingerprint density at radius 3 is 2.61 bits per heavy atom. The topological polar surface area (TPSA) is 115 Å². The van der Waals surface area contributed by atoms with Crippen molar-refractivity contribution >= 4 is 33.2 Å². The Bertz CT molecular complexity index is 1220. The molecule has 0 spiro atoms. The van der Waals surface area contributed by atoms with Gasteiger partial charge in [-0.25, -0.2) is 8.42 Å². The van der Waals surface area contributed by atoms with Gasteiger partial charge in [-0.15, -0.1) is 0 Å². The third-order valence-corrected chi connectivity index (χ3v) is 7.11. The van der Waals surface area contributed by atoms with Gasteiger partial charge < -0.3 is 14.6 Å². The zero-order chi connectivity index (χ0) is 22.0. The Morgan fingerprint density at radius 2 is 1.90 bits per heavy atom. The van der Waals surface area contributed by atoms with Crippen molar-refractivity contribution < 1.29 is 22.5 Å². The molecular formula is C20H19ClN4O5S. The molecule has 9 nitrogen and oxygen atoms in total. The highest BCUT2D eigenvalue weighted by atomic mass is 35.5. The van der Waals surface area contributed by atoms with Gasteiger partial charge in [-0.3, -0.25) is 4.79 Å². The summed E-state index contributed by atoms with van der Waals surface area (Å²) >= 11 is 6.18. The Kier molecular flexibility index (Phi) is 6.05. The summed E-state index contributed by atoms with van der Waals surface area (Å²) in [6.07, 6.45) is 0. The van der Waals surface area contributed by atoms with E-state index in [1.165, 1.54) is 22.5 Å². The van der Waals surface area contributed by atoms with Crippen LogP contribution in [0.5, 0.6) is 0 Å². The average molecular weight is 463 g/mol. The number of rotatable bonds is 5. The van der Waals surface area contributed by atoms with E-state index < -0.39 is 15.9 Å². The van der Waals surface area contributed by atoms with Crippen LogP contribution in [0.3, 0.4) is 0 Å². The highest BCUT2D eigenvalue weighted by Gasteiger charge is 2.29. The van der Waals surface area contributed by atoms with E-state index in [1.54, 1.807) is 31.2 Å². The van der Waals surface area contributed by atoms with E-state index in [1.807, 2.05) is 0 Å². The highest BCUT2D eigenvalue weighted by Crippen LogP contribution is 2.29. The van der Waals surface area contributed by atoms with Crippen LogP contribution in [0, 0.1) is 6.92 Å². The molecule has 11 heteroatoms. The molecule has 2 aromatic carbocycles. The summed E-state index contributed by atoms with van der Waals surface area (Å²) in [4.78, 5) is 17.0. The number of hydrogen-bond acceptors (Lipinski definition) is 7. The quantitative estimate of drug-likeness (QED) is 0.619. The second kappa shape index (κ2) is 8.75. The molecule has 162 valence electrons. The first-order valence-electron chi connectivity index (χ1n) is 9.45. The molecule has 31 heavy (non-hydrogen) atoms. The van der Waals surface area contributed by atoms with E-state index in [-0.39, 0.29) is 28.6 Å². The van der Waals surface area contributed by atoms with Gasteiger partial charge in [0.2, 0.25) is 21.7 Å². The molecule has 0 saturated carbocycles. The fraction of sp³-hybridized carbons (Fsp3) is 0.250. The predicted molar refractivity (Wildman–Crippen MR) is 113 cm³/mol. The third-order valence-electron chi connectivity index (χ3n) is 4.73. The molecule has 0 bridgehead atoms. The molecule has 1 saturated heterocycles. The fourth-order valence-corrected chi connectivity index (χ4v) is 5.07. The van der Waals surface area contributed by atoms with Crippen molar-refractivity contribution in [3.8, 4) is 11.4 Å². The number of hydrogen-bond donors (Lipinski definition) is 1. The normalized spacial score (nSPS) is 15.0. The molecule has 1 N–H and O–H groups in total. The Morgan fingerprint density at radius 1 is 1.16 bits per heavy atom. The Balaban J connectivity index is 1.63. The third kappa shape index (κ3) is 4.47. The number of carbonyl (C=O) groups excluding carboxylic acids is 1. The average Bonchev–Trinajstić information content (AvgIpc) is 3.21. The second-order valence-corrected chi connectivity index (χ2v) is 9.11. The summed E-state index contributed by atoms with van der Waals surface area (Å²) in [5.41, 5.74) is 1.18. The van der Waals surface area contributed by atoms with E-state index >= 15 is 0 Å². The van der Waals surface area contributed by atoms with E-state index in [2.05, 4.69) is 15.5 Å². The summed E-state index contributed by atoms with van der Waals surface area (Å²) in [5, 5.41) is 6.71. The smallest absolute Gasteiger partial charge is 0.255 e. The summed E-state index contributed by atoms with van der Waals surface area (Å²) in [5.74, 6) is 0.231. The largest absolute Gasteiger partial charge is 0.379 e. The fourth-order valence-electron chi connectivity index (χ4n) is 3.16. The molecule has 1 fully saturated rings. The van der Waals surface area contributed by atoms with Crippen LogP contribution in [0.4, 0.5) is 5.69 Å². The van der Waals surface area contributed by atoms with Crippen LogP contribution < -0.4 is 5.32 Å². The molecular weight excluding hydrogens is 444 g/mol. The molecule has 4 rings (SSSR count). The van der Waals surface area contributed by atoms with Crippen LogP contribution >= 0.6 is 11.6 Å². The van der Waals surface area contributed by atoms with Gasteiger partial charge in [0.25, 0.3) is 5.91 Å². The van der Waals surface area contributed by atoms with Crippen LogP contribution in [0.2, 0.25) is 5.02 Å². The lowest BCUT2D eigenvalue weighted by Gasteiger charge is -2.26. The van der Waals surface area contributed by atoms with E-state index in [0.717, 1.165) is 0 Å². The highest BCUT2D eigenvalue weighted by molar-refractivity contribution is 7.89. The van der Waals surface area contributed by atoms with E-state index in [9.17, 15) is 13.2 Å². The molecule has 0 atom stereocenters. The summed E-state index contributed by atoms with van der Waals surface area (Å²) in [7, 11) is -3.86. The molecule has 3 aromatic rings. The number of sulfonamides is 1. The number of benzene rings is 2. The SMILES string of the molecule is Cc1nc(-c2ccccc2NC(=O)c2ccc(Cl)c(S(=O)(=O)N3CCOCC3)c2)no1. The Hall–Kier alpha value is -2.79. The summed E-state index contributed by atoms with van der Waals surface area (Å²) in [6.45, 7) is 2.74. The van der Waals surface area contributed by atoms with Gasteiger partial charge in [0.05, 0.1) is 23.9 Å². The molecule has 0 radical (unpaired) electrons. The number of para-hydroxylation sites is 1. The van der Waals surface area contributed by atoms with Crippen molar-refractivity contribution in [2.24, 2.45) is 0 Å². The van der Waals surface area contributed by atoms with Crippen molar-refractivity contribution in [2.45, 2.75) is 11.8 Å². The minimum absolute atomic E-state index is 0.0470. The molecule has 0 unspecified atom stereocenters. The van der Waals surface area contributed by atoms with Crippen LogP contribution in [0.15, 0.2) is 51.9 Å². The van der Waals surface area contributed by atoms with Crippen LogP contribution in [0.25, 0.3) is 11.4 Å². The maximum Gasteiger partial charge on any atom is 0.255 e. The molecule has 0 aliphatic carbocycles. The van der Waals surface area contributed by atoms with Crippen molar-refractivity contribution in [3.63, 3.8) is 0 Å². The number of amides is 1. The Labute approximate surface area is 184 Å². The standard InChI is InChI=1S/C20H19ClN4O5S/c1-13-22-19(24-30-13)15-4-2-3-5-17(15)23-20(26)14-6-7-16(21)18(12-14)31(27,28)25-8-10-29-11-9-25/h2-7,12H,8-11H2,1H3,(H,23,26). The van der Waals surface area contributed by atoms with Gasteiger partial charge in [-0.05, 0) is 30.3 Å². The van der Waals surface area contributed by atoms with Gasteiger partial charge in [0.15, 0.2) is 0 Å². The van der Waals surface area contributed by atoms with Crippen molar-refractivity contribution in [3.05, 3.63) is 58.9 Å². The van der Waals surface area contributed by atoms with Crippen LogP contribution in [-0.2, 0) is 14.8 Å². The van der Waals surface area contributed by atoms with Crippen molar-refractivity contribution in [1.82, 2.24) is 14.4 Å². The lowest BCUT2D eigenvalue weighted by Crippen LogP contribution is -2.40. The number of nitrogens with one attached hydrogen (secondary N) is 1. The maximum absolute atomic E-state index is 13.0. The number of halogens is 1. The number of aryl methyl sites for hydroxylation is 1. The molecule has 1 aromatic heterocycles. The monoisotopic (exact) mass is 462 g/mol. The molecule has 2 heterocycles. The molecule has 1 aliphatic heterocycles. The van der Waals surface area contributed by atoms with Gasteiger partial charge in [-0.1, -0.05) is 28.9 Å². The van der Waals surface area contributed by atoms with Gasteiger partial charge in [0.1, 0.15) is 4.90 Å². The minimum Gasteiger partial charge on any atom is -0.379 e. The number of anilines is 1. The first-order valence-corrected chi connectivity index (χ1v) is 11.3. The van der Waals surface area contributed by atoms with Gasteiger partial charge in [0, 0.05) is 31.1 Å². The molecule has 1 aliphatic rings. The first-order chi connectivity index (χ1) is 14.9. The zero-order valence-electron chi connectivity index (χ0n) is 16.5. The number of morpholine rings is 1. The van der Waals surface area contributed by atoms with Gasteiger partial charge in [-0.2, -0.15) is 9.29 Å². The number of carbonyl (C=O) groups is 1. The van der Waals surface area contributed by atoms with Crippen LogP contribution in [-0.4, -0.2) is 55.1 Å². The number of aromatic nitrogens is 2.